The summed E-state index contributed by atoms with van der Waals surface area (Å²) >= 11 is 0. The van der Waals surface area contributed by atoms with E-state index >= 15 is 0 Å². The number of carbonyl (C=O) groups is 1. The minimum absolute atomic E-state index is 0.0542. The first-order valence-corrected chi connectivity index (χ1v) is 6.98. The van der Waals surface area contributed by atoms with E-state index in [1.165, 1.54) is 6.20 Å². The molecule has 0 saturated heterocycles. The molecule has 1 aromatic carbocycles. The van der Waals surface area contributed by atoms with Crippen LogP contribution in [0.25, 0.3) is 0 Å². The van der Waals surface area contributed by atoms with E-state index in [4.69, 9.17) is 4.74 Å². The highest BCUT2D eigenvalue weighted by molar-refractivity contribution is 5.92. The molecule has 0 N–H and O–H groups in total. The monoisotopic (exact) mass is 283 g/mol. The Bertz CT molecular complexity index is 609. The molecule has 0 aliphatic heterocycles. The van der Waals surface area contributed by atoms with Gasteiger partial charge in [-0.2, -0.15) is 0 Å². The molecule has 1 aliphatic rings. The van der Waals surface area contributed by atoms with Gasteiger partial charge in [0, 0.05) is 25.0 Å². The SMILES string of the molecule is COc1ccc(CN(C(=O)c2cnccn2)C2CC2)cc1. The Hall–Kier alpha value is -2.43. The van der Waals surface area contributed by atoms with E-state index in [2.05, 4.69) is 9.97 Å². The number of aromatic nitrogens is 2. The first kappa shape index (κ1) is 13.5. The highest BCUT2D eigenvalue weighted by Gasteiger charge is 2.33. The summed E-state index contributed by atoms with van der Waals surface area (Å²) in [5, 5.41) is 0. The van der Waals surface area contributed by atoms with Crippen molar-refractivity contribution in [2.45, 2.75) is 25.4 Å². The molecule has 1 fully saturated rings. The summed E-state index contributed by atoms with van der Waals surface area (Å²) in [6.07, 6.45) is 6.75. The van der Waals surface area contributed by atoms with Crippen LogP contribution in [0.4, 0.5) is 0 Å². The van der Waals surface area contributed by atoms with Gasteiger partial charge in [0.2, 0.25) is 0 Å². The van der Waals surface area contributed by atoms with Crippen LogP contribution in [0.5, 0.6) is 5.75 Å². The molecule has 0 atom stereocenters. The predicted octanol–water partition coefficient (Wildman–Crippen LogP) is 2.29. The fourth-order valence-corrected chi connectivity index (χ4v) is 2.24. The third-order valence-corrected chi connectivity index (χ3v) is 3.54. The quantitative estimate of drug-likeness (QED) is 0.845. The molecular weight excluding hydrogens is 266 g/mol. The molecule has 1 heterocycles. The highest BCUT2D eigenvalue weighted by atomic mass is 16.5. The third kappa shape index (κ3) is 3.18. The van der Waals surface area contributed by atoms with Crippen molar-refractivity contribution in [3.63, 3.8) is 0 Å². The Morgan fingerprint density at radius 2 is 2.05 bits per heavy atom. The number of rotatable bonds is 5. The molecule has 0 unspecified atom stereocenters. The number of nitrogens with zero attached hydrogens (tertiary/aromatic N) is 3. The van der Waals surface area contributed by atoms with Gasteiger partial charge in [0.1, 0.15) is 11.4 Å². The van der Waals surface area contributed by atoms with Crippen LogP contribution < -0.4 is 4.74 Å². The zero-order valence-corrected chi connectivity index (χ0v) is 11.9. The third-order valence-electron chi connectivity index (χ3n) is 3.54. The second-order valence-electron chi connectivity index (χ2n) is 5.10. The summed E-state index contributed by atoms with van der Waals surface area (Å²) in [6.45, 7) is 0.587. The van der Waals surface area contributed by atoms with Crippen molar-refractivity contribution in [2.24, 2.45) is 0 Å². The van der Waals surface area contributed by atoms with Crippen LogP contribution in [0.15, 0.2) is 42.9 Å². The van der Waals surface area contributed by atoms with Crippen molar-refractivity contribution in [3.8, 4) is 5.75 Å². The van der Waals surface area contributed by atoms with Crippen molar-refractivity contribution >= 4 is 5.91 Å². The van der Waals surface area contributed by atoms with Gasteiger partial charge in [0.05, 0.1) is 13.3 Å². The van der Waals surface area contributed by atoms with Gasteiger partial charge in [-0.3, -0.25) is 9.78 Å². The molecule has 0 spiro atoms. The van der Waals surface area contributed by atoms with Crippen LogP contribution in [-0.2, 0) is 6.54 Å². The van der Waals surface area contributed by atoms with Crippen molar-refractivity contribution in [1.82, 2.24) is 14.9 Å². The number of methoxy groups -OCH3 is 1. The molecule has 5 heteroatoms. The van der Waals surface area contributed by atoms with E-state index in [9.17, 15) is 4.79 Å². The van der Waals surface area contributed by atoms with Gasteiger partial charge in [-0.15, -0.1) is 0 Å². The van der Waals surface area contributed by atoms with Gasteiger partial charge in [-0.1, -0.05) is 12.1 Å². The lowest BCUT2D eigenvalue weighted by Gasteiger charge is -2.22. The first-order valence-electron chi connectivity index (χ1n) is 6.98. The lowest BCUT2D eigenvalue weighted by molar-refractivity contribution is 0.0723. The molecule has 1 saturated carbocycles. The normalized spacial score (nSPS) is 13.8. The molecule has 21 heavy (non-hydrogen) atoms. The average molecular weight is 283 g/mol. The molecule has 1 aliphatic carbocycles. The average Bonchev–Trinajstić information content (AvgIpc) is 3.38. The number of benzene rings is 1. The summed E-state index contributed by atoms with van der Waals surface area (Å²) in [7, 11) is 1.64. The number of hydrogen-bond donors (Lipinski definition) is 0. The molecule has 3 rings (SSSR count). The molecule has 1 aromatic heterocycles. The number of ether oxygens (including phenoxy) is 1. The Kier molecular flexibility index (Phi) is 3.81. The van der Waals surface area contributed by atoms with Gasteiger partial charge in [-0.05, 0) is 30.5 Å². The van der Waals surface area contributed by atoms with E-state index in [-0.39, 0.29) is 5.91 Å². The van der Waals surface area contributed by atoms with Gasteiger partial charge in [0.15, 0.2) is 0 Å². The second-order valence-corrected chi connectivity index (χ2v) is 5.10. The largest absolute Gasteiger partial charge is 0.497 e. The number of carbonyl (C=O) groups excluding carboxylic acids is 1. The zero-order chi connectivity index (χ0) is 14.7. The van der Waals surface area contributed by atoms with Crippen LogP contribution in [0, 0.1) is 0 Å². The fourth-order valence-electron chi connectivity index (χ4n) is 2.24. The predicted molar refractivity (Wildman–Crippen MR) is 77.9 cm³/mol. The minimum atomic E-state index is -0.0542. The summed E-state index contributed by atoms with van der Waals surface area (Å²) in [4.78, 5) is 22.5. The summed E-state index contributed by atoms with van der Waals surface area (Å²) in [5.74, 6) is 0.762. The van der Waals surface area contributed by atoms with Crippen LogP contribution >= 0.6 is 0 Å². The van der Waals surface area contributed by atoms with Gasteiger partial charge in [0.25, 0.3) is 5.91 Å². The minimum Gasteiger partial charge on any atom is -0.497 e. The van der Waals surface area contributed by atoms with Crippen LogP contribution in [0.2, 0.25) is 0 Å². The van der Waals surface area contributed by atoms with E-state index in [1.54, 1.807) is 19.5 Å². The topological polar surface area (TPSA) is 55.3 Å². The van der Waals surface area contributed by atoms with Gasteiger partial charge >= 0.3 is 0 Å². The Balaban J connectivity index is 1.77. The van der Waals surface area contributed by atoms with Crippen LogP contribution in [-0.4, -0.2) is 33.9 Å². The maximum absolute atomic E-state index is 12.6. The van der Waals surface area contributed by atoms with Crippen molar-refractivity contribution in [2.75, 3.05) is 7.11 Å². The Labute approximate surface area is 123 Å². The molecule has 2 aromatic rings. The maximum atomic E-state index is 12.6. The smallest absolute Gasteiger partial charge is 0.274 e. The standard InChI is InChI=1S/C16H17N3O2/c1-21-14-6-2-12(3-7-14)11-19(13-4-5-13)16(20)15-10-17-8-9-18-15/h2-3,6-10,13H,4-5,11H2,1H3. The zero-order valence-electron chi connectivity index (χ0n) is 11.9. The fraction of sp³-hybridized carbons (Fsp3) is 0.312. The molecule has 5 nitrogen and oxygen atoms in total. The van der Waals surface area contributed by atoms with Gasteiger partial charge in [-0.25, -0.2) is 4.98 Å². The summed E-state index contributed by atoms with van der Waals surface area (Å²) in [5.41, 5.74) is 1.48. The Morgan fingerprint density at radius 3 is 2.62 bits per heavy atom. The van der Waals surface area contributed by atoms with Crippen molar-refractivity contribution in [1.29, 1.82) is 0 Å². The lowest BCUT2D eigenvalue weighted by atomic mass is 10.2. The van der Waals surface area contributed by atoms with Gasteiger partial charge < -0.3 is 9.64 Å². The molecule has 1 amide bonds. The lowest BCUT2D eigenvalue weighted by Crippen LogP contribution is -2.33. The molecule has 0 radical (unpaired) electrons. The number of hydrogen-bond acceptors (Lipinski definition) is 4. The molecule has 108 valence electrons. The summed E-state index contributed by atoms with van der Waals surface area (Å²) < 4.78 is 5.15. The van der Waals surface area contributed by atoms with E-state index in [1.807, 2.05) is 29.2 Å². The van der Waals surface area contributed by atoms with Crippen molar-refractivity contribution < 1.29 is 9.53 Å². The molecular formula is C16H17N3O2. The molecule has 0 bridgehead atoms. The van der Waals surface area contributed by atoms with Crippen LogP contribution in [0.3, 0.4) is 0 Å². The van der Waals surface area contributed by atoms with Crippen molar-refractivity contribution in [3.05, 3.63) is 54.1 Å². The van der Waals surface area contributed by atoms with Crippen LogP contribution in [0.1, 0.15) is 28.9 Å². The van der Waals surface area contributed by atoms with E-state index in [0.717, 1.165) is 24.2 Å². The van der Waals surface area contributed by atoms with E-state index < -0.39 is 0 Å². The first-order chi connectivity index (χ1) is 10.3. The second kappa shape index (κ2) is 5.91. The Morgan fingerprint density at radius 1 is 1.29 bits per heavy atom. The highest BCUT2D eigenvalue weighted by Crippen LogP contribution is 2.29. The summed E-state index contributed by atoms with van der Waals surface area (Å²) in [6, 6.07) is 8.11. The maximum Gasteiger partial charge on any atom is 0.274 e. The van der Waals surface area contributed by atoms with E-state index in [0.29, 0.717) is 18.3 Å². The number of amides is 1.